The number of unbranched alkanes of at least 4 members (excludes halogenated alkanes) is 6. The van der Waals surface area contributed by atoms with Gasteiger partial charge in [0, 0.05) is 0 Å². The van der Waals surface area contributed by atoms with E-state index in [-0.39, 0.29) is 0 Å². The Hall–Kier alpha value is -0.780. The van der Waals surface area contributed by atoms with Crippen LogP contribution in [0.3, 0.4) is 0 Å². The van der Waals surface area contributed by atoms with Gasteiger partial charge in [-0.25, -0.2) is 0 Å². The van der Waals surface area contributed by atoms with Crippen LogP contribution in [0.4, 0.5) is 0 Å². The van der Waals surface area contributed by atoms with E-state index in [0.717, 1.165) is 17.8 Å². The SMILES string of the molecule is CCCCC=CC1CC(C=CCCCC)CC(C=CCCCC)C1. The highest BCUT2D eigenvalue weighted by Gasteiger charge is 2.24. The lowest BCUT2D eigenvalue weighted by Gasteiger charge is -2.31. The van der Waals surface area contributed by atoms with Crippen molar-refractivity contribution in [2.24, 2.45) is 17.8 Å². The summed E-state index contributed by atoms with van der Waals surface area (Å²) in [5, 5.41) is 0. The zero-order valence-corrected chi connectivity index (χ0v) is 16.7. The van der Waals surface area contributed by atoms with Crippen molar-refractivity contribution in [2.75, 3.05) is 0 Å². The molecule has 0 radical (unpaired) electrons. The van der Waals surface area contributed by atoms with Crippen LogP contribution in [0.2, 0.25) is 0 Å². The molecule has 1 fully saturated rings. The topological polar surface area (TPSA) is 0 Å². The Morgan fingerprint density at radius 2 is 0.833 bits per heavy atom. The number of allylic oxidation sites excluding steroid dienone is 6. The summed E-state index contributed by atoms with van der Waals surface area (Å²) in [6.45, 7) is 6.84. The Bertz CT molecular complexity index is 297. The standard InChI is InChI=1S/C24H42/c1-4-7-10-13-16-22-19-23(17-14-11-8-5-2)21-24(20-22)18-15-12-9-6-3/h13-18,22-24H,4-12,19-21H2,1-3H3. The Morgan fingerprint density at radius 1 is 0.542 bits per heavy atom. The fourth-order valence-electron chi connectivity index (χ4n) is 3.76. The molecular formula is C24H42. The first-order valence-corrected chi connectivity index (χ1v) is 10.8. The minimum atomic E-state index is 0.789. The van der Waals surface area contributed by atoms with E-state index in [1.165, 1.54) is 77.0 Å². The van der Waals surface area contributed by atoms with E-state index in [4.69, 9.17) is 0 Å². The maximum atomic E-state index is 2.54. The average Bonchev–Trinajstić information content (AvgIpc) is 2.59. The van der Waals surface area contributed by atoms with E-state index in [1.807, 2.05) is 0 Å². The molecule has 0 spiro atoms. The van der Waals surface area contributed by atoms with Crippen molar-refractivity contribution in [1.82, 2.24) is 0 Å². The molecule has 0 N–H and O–H groups in total. The maximum Gasteiger partial charge on any atom is -0.0222 e. The largest absolute Gasteiger partial charge is 0.0883 e. The third kappa shape index (κ3) is 10.2. The second-order valence-corrected chi connectivity index (χ2v) is 7.70. The quantitative estimate of drug-likeness (QED) is 0.249. The smallest absolute Gasteiger partial charge is 0.0222 e. The Balaban J connectivity index is 2.55. The third-order valence-corrected chi connectivity index (χ3v) is 5.21. The second-order valence-electron chi connectivity index (χ2n) is 7.70. The predicted molar refractivity (Wildman–Crippen MR) is 110 cm³/mol. The summed E-state index contributed by atoms with van der Waals surface area (Å²) < 4.78 is 0. The normalized spacial score (nSPS) is 25.4. The predicted octanol–water partition coefficient (Wildman–Crippen LogP) is 8.26. The zero-order valence-electron chi connectivity index (χ0n) is 16.7. The molecule has 0 nitrogen and oxygen atoms in total. The highest BCUT2D eigenvalue weighted by atomic mass is 14.3. The highest BCUT2D eigenvalue weighted by molar-refractivity contribution is 5.03. The number of rotatable bonds is 12. The van der Waals surface area contributed by atoms with Gasteiger partial charge in [-0.3, -0.25) is 0 Å². The molecule has 0 amide bonds. The van der Waals surface area contributed by atoms with Crippen LogP contribution in [0.15, 0.2) is 36.5 Å². The fourth-order valence-corrected chi connectivity index (χ4v) is 3.76. The van der Waals surface area contributed by atoms with Gasteiger partial charge in [-0.05, 0) is 56.3 Å². The lowest BCUT2D eigenvalue weighted by molar-refractivity contribution is 0.294. The lowest BCUT2D eigenvalue weighted by atomic mass is 9.74. The van der Waals surface area contributed by atoms with Gasteiger partial charge in [0.1, 0.15) is 0 Å². The monoisotopic (exact) mass is 330 g/mol. The summed E-state index contributed by atoms with van der Waals surface area (Å²) in [5.74, 6) is 2.37. The molecule has 0 heterocycles. The molecule has 0 atom stereocenters. The first kappa shape index (κ1) is 21.3. The van der Waals surface area contributed by atoms with Gasteiger partial charge in [0.2, 0.25) is 0 Å². The molecule has 1 aliphatic rings. The van der Waals surface area contributed by atoms with Gasteiger partial charge in [-0.15, -0.1) is 0 Å². The van der Waals surface area contributed by atoms with Crippen molar-refractivity contribution in [3.63, 3.8) is 0 Å². The number of hydrogen-bond donors (Lipinski definition) is 0. The van der Waals surface area contributed by atoms with E-state index < -0.39 is 0 Å². The molecular weight excluding hydrogens is 288 g/mol. The van der Waals surface area contributed by atoms with E-state index >= 15 is 0 Å². The third-order valence-electron chi connectivity index (χ3n) is 5.21. The van der Waals surface area contributed by atoms with Crippen molar-refractivity contribution in [2.45, 2.75) is 97.8 Å². The van der Waals surface area contributed by atoms with Crippen molar-refractivity contribution in [3.05, 3.63) is 36.5 Å². The molecule has 1 saturated carbocycles. The van der Waals surface area contributed by atoms with E-state index in [1.54, 1.807) is 0 Å². The van der Waals surface area contributed by atoms with Gasteiger partial charge in [-0.1, -0.05) is 95.8 Å². The van der Waals surface area contributed by atoms with Gasteiger partial charge in [-0.2, -0.15) is 0 Å². The van der Waals surface area contributed by atoms with Gasteiger partial charge in [0.15, 0.2) is 0 Å². The average molecular weight is 331 g/mol. The summed E-state index contributed by atoms with van der Waals surface area (Å²) in [5.41, 5.74) is 0. The van der Waals surface area contributed by atoms with Gasteiger partial charge in [0.25, 0.3) is 0 Å². The second kappa shape index (κ2) is 14.6. The lowest BCUT2D eigenvalue weighted by Crippen LogP contribution is -2.19. The minimum absolute atomic E-state index is 0.789. The first-order valence-electron chi connectivity index (χ1n) is 10.8. The van der Waals surface area contributed by atoms with Crippen LogP contribution in [0.1, 0.15) is 97.8 Å². The summed E-state index contributed by atoms with van der Waals surface area (Å²) in [7, 11) is 0. The summed E-state index contributed by atoms with van der Waals surface area (Å²) in [6.07, 6.45) is 30.8. The molecule has 0 unspecified atom stereocenters. The van der Waals surface area contributed by atoms with Crippen LogP contribution in [0.5, 0.6) is 0 Å². The summed E-state index contributed by atoms with van der Waals surface area (Å²) in [6, 6.07) is 0. The van der Waals surface area contributed by atoms with Crippen LogP contribution in [-0.2, 0) is 0 Å². The molecule has 0 aromatic carbocycles. The minimum Gasteiger partial charge on any atom is -0.0883 e. The maximum absolute atomic E-state index is 2.54. The molecule has 1 rings (SSSR count). The molecule has 0 aromatic heterocycles. The fraction of sp³-hybridized carbons (Fsp3) is 0.750. The zero-order chi connectivity index (χ0) is 17.5. The molecule has 0 bridgehead atoms. The highest BCUT2D eigenvalue weighted by Crippen LogP contribution is 2.36. The molecule has 0 aliphatic heterocycles. The van der Waals surface area contributed by atoms with Crippen LogP contribution in [-0.4, -0.2) is 0 Å². The Kier molecular flexibility index (Phi) is 12.9. The van der Waals surface area contributed by atoms with Gasteiger partial charge < -0.3 is 0 Å². The first-order chi connectivity index (χ1) is 11.8. The molecule has 1 aliphatic carbocycles. The van der Waals surface area contributed by atoms with Gasteiger partial charge >= 0.3 is 0 Å². The van der Waals surface area contributed by atoms with Crippen molar-refractivity contribution in [3.8, 4) is 0 Å². The Labute approximate surface area is 152 Å². The summed E-state index contributed by atoms with van der Waals surface area (Å²) >= 11 is 0. The molecule has 0 saturated heterocycles. The van der Waals surface area contributed by atoms with Crippen LogP contribution >= 0.6 is 0 Å². The van der Waals surface area contributed by atoms with E-state index in [9.17, 15) is 0 Å². The number of hydrogen-bond acceptors (Lipinski definition) is 0. The van der Waals surface area contributed by atoms with Gasteiger partial charge in [0.05, 0.1) is 0 Å². The molecule has 138 valence electrons. The van der Waals surface area contributed by atoms with Crippen LogP contribution in [0, 0.1) is 17.8 Å². The molecule has 0 aromatic rings. The molecule has 0 heteroatoms. The van der Waals surface area contributed by atoms with Crippen molar-refractivity contribution < 1.29 is 0 Å². The van der Waals surface area contributed by atoms with E-state index in [0.29, 0.717) is 0 Å². The van der Waals surface area contributed by atoms with E-state index in [2.05, 4.69) is 57.2 Å². The van der Waals surface area contributed by atoms with Crippen LogP contribution in [0.25, 0.3) is 0 Å². The van der Waals surface area contributed by atoms with Crippen LogP contribution < -0.4 is 0 Å². The Morgan fingerprint density at radius 3 is 1.08 bits per heavy atom. The van der Waals surface area contributed by atoms with Crippen molar-refractivity contribution >= 4 is 0 Å². The molecule has 24 heavy (non-hydrogen) atoms. The summed E-state index contributed by atoms with van der Waals surface area (Å²) in [4.78, 5) is 0. The van der Waals surface area contributed by atoms with Crippen molar-refractivity contribution in [1.29, 1.82) is 0 Å².